The molecule has 4 nitrogen and oxygen atoms in total. The summed E-state index contributed by atoms with van der Waals surface area (Å²) < 4.78 is 5.67. The molecule has 1 aliphatic rings. The highest BCUT2D eigenvalue weighted by molar-refractivity contribution is 5.94. The van der Waals surface area contributed by atoms with E-state index in [9.17, 15) is 4.79 Å². The molecular weight excluding hydrogens is 252 g/mol. The standard InChI is InChI=1S/C16H24N2O2/c1-12(15-8-5-9-20-15)17-11-13-6-4-7-14(10-13)16(19)18(2)3/h4,6-7,10,12,15,17H,5,8-9,11H2,1-3H3/t12-,15-/m0/s1. The number of benzene rings is 1. The Bertz CT molecular complexity index is 454. The van der Waals surface area contributed by atoms with E-state index in [0.29, 0.717) is 12.1 Å². The largest absolute Gasteiger partial charge is 0.377 e. The average molecular weight is 276 g/mol. The molecule has 1 aromatic carbocycles. The van der Waals surface area contributed by atoms with E-state index in [1.807, 2.05) is 24.3 Å². The van der Waals surface area contributed by atoms with Gasteiger partial charge in [-0.05, 0) is 37.5 Å². The lowest BCUT2D eigenvalue weighted by Gasteiger charge is -2.20. The zero-order valence-electron chi connectivity index (χ0n) is 12.6. The molecule has 2 atom stereocenters. The lowest BCUT2D eigenvalue weighted by molar-refractivity contribution is 0.0823. The number of ether oxygens (including phenoxy) is 1. The fourth-order valence-electron chi connectivity index (χ4n) is 2.48. The maximum atomic E-state index is 11.9. The fourth-order valence-corrected chi connectivity index (χ4v) is 2.48. The van der Waals surface area contributed by atoms with Crippen molar-refractivity contribution in [1.29, 1.82) is 0 Å². The molecule has 1 N–H and O–H groups in total. The summed E-state index contributed by atoms with van der Waals surface area (Å²) in [4.78, 5) is 13.5. The van der Waals surface area contributed by atoms with E-state index in [-0.39, 0.29) is 5.91 Å². The van der Waals surface area contributed by atoms with E-state index in [4.69, 9.17) is 4.74 Å². The number of amides is 1. The van der Waals surface area contributed by atoms with E-state index < -0.39 is 0 Å². The summed E-state index contributed by atoms with van der Waals surface area (Å²) in [6.07, 6.45) is 2.61. The third-order valence-corrected chi connectivity index (χ3v) is 3.73. The van der Waals surface area contributed by atoms with Crippen LogP contribution in [0.1, 0.15) is 35.7 Å². The number of hydrogen-bond donors (Lipinski definition) is 1. The zero-order chi connectivity index (χ0) is 14.5. The molecule has 0 bridgehead atoms. The van der Waals surface area contributed by atoms with E-state index in [0.717, 1.165) is 37.1 Å². The molecule has 2 rings (SSSR count). The second-order valence-corrected chi connectivity index (χ2v) is 5.62. The van der Waals surface area contributed by atoms with Crippen molar-refractivity contribution in [3.05, 3.63) is 35.4 Å². The van der Waals surface area contributed by atoms with Crippen LogP contribution in [0.4, 0.5) is 0 Å². The van der Waals surface area contributed by atoms with Gasteiger partial charge in [-0.25, -0.2) is 0 Å². The van der Waals surface area contributed by atoms with E-state index in [1.165, 1.54) is 0 Å². The maximum Gasteiger partial charge on any atom is 0.253 e. The molecule has 0 spiro atoms. The topological polar surface area (TPSA) is 41.6 Å². The van der Waals surface area contributed by atoms with Crippen LogP contribution in [-0.4, -0.2) is 43.7 Å². The first-order chi connectivity index (χ1) is 9.58. The third-order valence-electron chi connectivity index (χ3n) is 3.73. The van der Waals surface area contributed by atoms with Crippen molar-refractivity contribution in [3.8, 4) is 0 Å². The summed E-state index contributed by atoms with van der Waals surface area (Å²) in [6, 6.07) is 8.13. The molecule has 0 radical (unpaired) electrons. The van der Waals surface area contributed by atoms with Crippen LogP contribution in [0.5, 0.6) is 0 Å². The minimum atomic E-state index is 0.0408. The molecule has 1 saturated heterocycles. The van der Waals surface area contributed by atoms with Crippen molar-refractivity contribution in [2.45, 2.75) is 38.5 Å². The molecule has 1 amide bonds. The Morgan fingerprint density at radius 3 is 2.95 bits per heavy atom. The third kappa shape index (κ3) is 3.81. The first-order valence-electron chi connectivity index (χ1n) is 7.23. The van der Waals surface area contributed by atoms with Gasteiger partial charge in [0.05, 0.1) is 6.10 Å². The molecule has 0 saturated carbocycles. The SMILES string of the molecule is C[C@H](NCc1cccc(C(=O)N(C)C)c1)[C@@H]1CCCO1. The minimum Gasteiger partial charge on any atom is -0.377 e. The van der Waals surface area contributed by atoms with Gasteiger partial charge < -0.3 is 15.0 Å². The molecule has 4 heteroatoms. The molecule has 1 heterocycles. The summed E-state index contributed by atoms with van der Waals surface area (Å²) in [5.41, 5.74) is 1.86. The number of nitrogens with zero attached hydrogens (tertiary/aromatic N) is 1. The van der Waals surface area contributed by atoms with Crippen molar-refractivity contribution in [3.63, 3.8) is 0 Å². The highest BCUT2D eigenvalue weighted by atomic mass is 16.5. The Labute approximate surface area is 121 Å². The smallest absolute Gasteiger partial charge is 0.253 e. The van der Waals surface area contributed by atoms with Gasteiger partial charge in [-0.2, -0.15) is 0 Å². The lowest BCUT2D eigenvalue weighted by Crippen LogP contribution is -2.36. The maximum absolute atomic E-state index is 11.9. The Morgan fingerprint density at radius 2 is 2.30 bits per heavy atom. The van der Waals surface area contributed by atoms with Gasteiger partial charge in [0.1, 0.15) is 0 Å². The average Bonchev–Trinajstić information content (AvgIpc) is 2.98. The van der Waals surface area contributed by atoms with Gasteiger partial charge in [0, 0.05) is 38.9 Å². The van der Waals surface area contributed by atoms with Gasteiger partial charge in [0.25, 0.3) is 5.91 Å². The van der Waals surface area contributed by atoms with Gasteiger partial charge in [-0.3, -0.25) is 4.79 Å². The number of nitrogens with one attached hydrogen (secondary N) is 1. The van der Waals surface area contributed by atoms with Crippen LogP contribution >= 0.6 is 0 Å². The number of carbonyl (C=O) groups is 1. The normalized spacial score (nSPS) is 19.9. The molecule has 1 aliphatic heterocycles. The monoisotopic (exact) mass is 276 g/mol. The lowest BCUT2D eigenvalue weighted by atomic mass is 10.1. The van der Waals surface area contributed by atoms with Crippen LogP contribution in [0, 0.1) is 0 Å². The van der Waals surface area contributed by atoms with Crippen molar-refractivity contribution in [1.82, 2.24) is 10.2 Å². The predicted molar refractivity (Wildman–Crippen MR) is 79.7 cm³/mol. The minimum absolute atomic E-state index is 0.0408. The van der Waals surface area contributed by atoms with Crippen molar-refractivity contribution in [2.75, 3.05) is 20.7 Å². The molecule has 1 fully saturated rings. The van der Waals surface area contributed by atoms with Gasteiger partial charge >= 0.3 is 0 Å². The van der Waals surface area contributed by atoms with Crippen molar-refractivity contribution >= 4 is 5.91 Å². The summed E-state index contributed by atoms with van der Waals surface area (Å²) in [6.45, 7) is 3.80. The zero-order valence-corrected chi connectivity index (χ0v) is 12.6. The number of rotatable bonds is 5. The Morgan fingerprint density at radius 1 is 1.50 bits per heavy atom. The summed E-state index contributed by atoms with van der Waals surface area (Å²) in [5, 5.41) is 3.49. The van der Waals surface area contributed by atoms with Gasteiger partial charge in [0.15, 0.2) is 0 Å². The van der Waals surface area contributed by atoms with Crippen LogP contribution in [0.15, 0.2) is 24.3 Å². The van der Waals surface area contributed by atoms with Crippen LogP contribution in [0.25, 0.3) is 0 Å². The van der Waals surface area contributed by atoms with E-state index in [1.54, 1.807) is 19.0 Å². The second-order valence-electron chi connectivity index (χ2n) is 5.62. The highest BCUT2D eigenvalue weighted by Gasteiger charge is 2.21. The molecular formula is C16H24N2O2. The Balaban J connectivity index is 1.92. The van der Waals surface area contributed by atoms with E-state index in [2.05, 4.69) is 12.2 Å². The van der Waals surface area contributed by atoms with Gasteiger partial charge in [-0.1, -0.05) is 12.1 Å². The number of hydrogen-bond acceptors (Lipinski definition) is 3. The Kier molecular flexibility index (Phi) is 5.15. The van der Waals surface area contributed by atoms with Crippen molar-refractivity contribution < 1.29 is 9.53 Å². The molecule has 1 aromatic rings. The molecule has 0 unspecified atom stereocenters. The van der Waals surface area contributed by atoms with Crippen LogP contribution in [0.3, 0.4) is 0 Å². The van der Waals surface area contributed by atoms with Crippen LogP contribution in [0.2, 0.25) is 0 Å². The molecule has 110 valence electrons. The summed E-state index contributed by atoms with van der Waals surface area (Å²) in [5.74, 6) is 0.0408. The predicted octanol–water partition coefficient (Wildman–Crippen LogP) is 2.05. The van der Waals surface area contributed by atoms with Crippen LogP contribution < -0.4 is 5.32 Å². The first-order valence-corrected chi connectivity index (χ1v) is 7.23. The van der Waals surface area contributed by atoms with Gasteiger partial charge in [-0.15, -0.1) is 0 Å². The Hall–Kier alpha value is -1.39. The summed E-state index contributed by atoms with van der Waals surface area (Å²) in [7, 11) is 3.54. The molecule has 0 aromatic heterocycles. The number of carbonyl (C=O) groups excluding carboxylic acids is 1. The van der Waals surface area contributed by atoms with E-state index >= 15 is 0 Å². The van der Waals surface area contributed by atoms with Gasteiger partial charge in [0.2, 0.25) is 0 Å². The summed E-state index contributed by atoms with van der Waals surface area (Å²) >= 11 is 0. The quantitative estimate of drug-likeness (QED) is 0.895. The second kappa shape index (κ2) is 6.86. The van der Waals surface area contributed by atoms with Crippen LogP contribution in [-0.2, 0) is 11.3 Å². The molecule has 20 heavy (non-hydrogen) atoms. The first kappa shape index (κ1) is 15.0. The fraction of sp³-hybridized carbons (Fsp3) is 0.562. The van der Waals surface area contributed by atoms with Crippen molar-refractivity contribution in [2.24, 2.45) is 0 Å². The molecule has 0 aliphatic carbocycles. The highest BCUT2D eigenvalue weighted by Crippen LogP contribution is 2.16.